The van der Waals surface area contributed by atoms with Crippen LogP contribution in [0.5, 0.6) is 17.2 Å². The van der Waals surface area contributed by atoms with Crippen molar-refractivity contribution in [1.29, 1.82) is 0 Å². The molecule has 0 unspecified atom stereocenters. The highest BCUT2D eigenvalue weighted by molar-refractivity contribution is 6.01. The minimum atomic E-state index is -0.155. The van der Waals surface area contributed by atoms with Gasteiger partial charge in [-0.25, -0.2) is 0 Å². The van der Waals surface area contributed by atoms with Crippen molar-refractivity contribution in [3.8, 4) is 17.2 Å². The average molecular weight is 365 g/mol. The molecule has 0 radical (unpaired) electrons. The van der Waals surface area contributed by atoms with Gasteiger partial charge in [0.1, 0.15) is 5.75 Å². The summed E-state index contributed by atoms with van der Waals surface area (Å²) in [4.78, 5) is 12.6. The Balaban J connectivity index is 1.70. The zero-order chi connectivity index (χ0) is 19.2. The summed E-state index contributed by atoms with van der Waals surface area (Å²) >= 11 is 0. The fourth-order valence-corrected chi connectivity index (χ4v) is 3.02. The van der Waals surface area contributed by atoms with E-state index in [0.717, 1.165) is 16.3 Å². The van der Waals surface area contributed by atoms with Gasteiger partial charge in [0.05, 0.1) is 26.9 Å². The van der Waals surface area contributed by atoms with E-state index in [1.165, 1.54) is 0 Å². The maximum atomic E-state index is 12.6. The van der Waals surface area contributed by atoms with Crippen molar-refractivity contribution in [3.63, 3.8) is 0 Å². The molecule has 5 heteroatoms. The van der Waals surface area contributed by atoms with Gasteiger partial charge in [-0.05, 0) is 47.0 Å². The van der Waals surface area contributed by atoms with Crippen LogP contribution < -0.4 is 19.5 Å². The third-order valence-corrected chi connectivity index (χ3v) is 4.46. The predicted molar refractivity (Wildman–Crippen MR) is 106 cm³/mol. The largest absolute Gasteiger partial charge is 0.496 e. The Hall–Kier alpha value is -3.21. The summed E-state index contributed by atoms with van der Waals surface area (Å²) in [5.74, 6) is 1.78. The number of hydrogen-bond acceptors (Lipinski definition) is 4. The smallest absolute Gasteiger partial charge is 0.255 e. The minimum Gasteiger partial charge on any atom is -0.496 e. The lowest BCUT2D eigenvalue weighted by Gasteiger charge is -2.12. The molecule has 0 atom stereocenters. The van der Waals surface area contributed by atoms with E-state index in [9.17, 15) is 4.79 Å². The minimum absolute atomic E-state index is 0.155. The van der Waals surface area contributed by atoms with Gasteiger partial charge in [-0.3, -0.25) is 4.79 Å². The Morgan fingerprint density at radius 3 is 2.15 bits per heavy atom. The molecule has 5 nitrogen and oxygen atoms in total. The summed E-state index contributed by atoms with van der Waals surface area (Å²) in [5, 5.41) is 5.00. The van der Waals surface area contributed by atoms with Gasteiger partial charge >= 0.3 is 0 Å². The lowest BCUT2D eigenvalue weighted by molar-refractivity contribution is 0.0951. The summed E-state index contributed by atoms with van der Waals surface area (Å²) in [5.41, 5.74) is 1.59. The molecule has 1 N–H and O–H groups in total. The van der Waals surface area contributed by atoms with Crippen LogP contribution in [0.3, 0.4) is 0 Å². The van der Waals surface area contributed by atoms with Crippen LogP contribution in [0, 0.1) is 0 Å². The van der Waals surface area contributed by atoms with E-state index in [0.29, 0.717) is 35.8 Å². The molecule has 0 saturated carbocycles. The van der Waals surface area contributed by atoms with E-state index in [2.05, 4.69) is 5.32 Å². The van der Waals surface area contributed by atoms with Crippen LogP contribution in [0.4, 0.5) is 0 Å². The number of rotatable bonds is 7. The third-order valence-electron chi connectivity index (χ3n) is 4.46. The molecule has 0 aliphatic carbocycles. The lowest BCUT2D eigenvalue weighted by Crippen LogP contribution is -2.26. The van der Waals surface area contributed by atoms with E-state index in [4.69, 9.17) is 14.2 Å². The summed E-state index contributed by atoms with van der Waals surface area (Å²) in [6.07, 6.45) is 0.683. The molecular weight excluding hydrogens is 342 g/mol. The van der Waals surface area contributed by atoms with Crippen LogP contribution in [0.25, 0.3) is 10.8 Å². The van der Waals surface area contributed by atoms with Crippen molar-refractivity contribution in [2.24, 2.45) is 0 Å². The first-order valence-electron chi connectivity index (χ1n) is 8.72. The predicted octanol–water partition coefficient (Wildman–Crippen LogP) is 3.84. The second-order valence-corrected chi connectivity index (χ2v) is 6.09. The Labute approximate surface area is 158 Å². The summed E-state index contributed by atoms with van der Waals surface area (Å²) < 4.78 is 16.0. The van der Waals surface area contributed by atoms with Gasteiger partial charge in [0.2, 0.25) is 0 Å². The van der Waals surface area contributed by atoms with E-state index in [1.807, 2.05) is 54.6 Å². The highest BCUT2D eigenvalue weighted by Crippen LogP contribution is 2.28. The molecule has 0 spiro atoms. The molecule has 0 fully saturated rings. The number of nitrogens with one attached hydrogen (secondary N) is 1. The van der Waals surface area contributed by atoms with Gasteiger partial charge in [0.15, 0.2) is 11.5 Å². The zero-order valence-electron chi connectivity index (χ0n) is 15.7. The number of benzene rings is 3. The van der Waals surface area contributed by atoms with Crippen LogP contribution in [0.2, 0.25) is 0 Å². The molecule has 27 heavy (non-hydrogen) atoms. The van der Waals surface area contributed by atoms with Crippen molar-refractivity contribution in [3.05, 3.63) is 65.7 Å². The quantitative estimate of drug-likeness (QED) is 0.691. The van der Waals surface area contributed by atoms with E-state index in [1.54, 1.807) is 21.3 Å². The Bertz CT molecular complexity index is 952. The third kappa shape index (κ3) is 4.14. The van der Waals surface area contributed by atoms with Crippen molar-refractivity contribution in [2.45, 2.75) is 6.42 Å². The van der Waals surface area contributed by atoms with Gasteiger partial charge in [0.25, 0.3) is 5.91 Å². The van der Waals surface area contributed by atoms with Crippen molar-refractivity contribution < 1.29 is 19.0 Å². The van der Waals surface area contributed by atoms with Crippen molar-refractivity contribution in [2.75, 3.05) is 27.9 Å². The number of carbonyl (C=O) groups excluding carboxylic acids is 1. The number of ether oxygens (including phenoxy) is 3. The molecule has 3 rings (SSSR count). The first-order chi connectivity index (χ1) is 13.2. The van der Waals surface area contributed by atoms with Crippen LogP contribution in [0.15, 0.2) is 54.6 Å². The Morgan fingerprint density at radius 1 is 0.815 bits per heavy atom. The number of hydrogen-bond donors (Lipinski definition) is 1. The second-order valence-electron chi connectivity index (χ2n) is 6.09. The number of methoxy groups -OCH3 is 3. The van der Waals surface area contributed by atoms with E-state index < -0.39 is 0 Å². The maximum absolute atomic E-state index is 12.6. The van der Waals surface area contributed by atoms with E-state index in [-0.39, 0.29) is 5.91 Å². The molecular formula is C22H23NO4. The lowest BCUT2D eigenvalue weighted by atomic mass is 10.1. The normalized spacial score (nSPS) is 10.5. The topological polar surface area (TPSA) is 56.8 Å². The molecule has 3 aromatic rings. The molecule has 0 heterocycles. The number of fused-ring (bicyclic) bond motifs is 1. The van der Waals surface area contributed by atoms with Crippen LogP contribution in [0.1, 0.15) is 15.9 Å². The molecule has 3 aromatic carbocycles. The molecule has 140 valence electrons. The van der Waals surface area contributed by atoms with Crippen molar-refractivity contribution in [1.82, 2.24) is 5.32 Å². The highest BCUT2D eigenvalue weighted by atomic mass is 16.5. The van der Waals surface area contributed by atoms with Gasteiger partial charge in [-0.15, -0.1) is 0 Å². The molecule has 0 aliphatic heterocycles. The van der Waals surface area contributed by atoms with Gasteiger partial charge in [-0.1, -0.05) is 30.3 Å². The maximum Gasteiger partial charge on any atom is 0.255 e. The molecule has 0 aromatic heterocycles. The zero-order valence-corrected chi connectivity index (χ0v) is 15.7. The fourth-order valence-electron chi connectivity index (χ4n) is 3.02. The summed E-state index contributed by atoms with van der Waals surface area (Å²) in [7, 11) is 4.79. The number of carbonyl (C=O) groups is 1. The number of amides is 1. The van der Waals surface area contributed by atoms with Gasteiger partial charge in [0, 0.05) is 6.54 Å². The average Bonchev–Trinajstić information content (AvgIpc) is 2.72. The highest BCUT2D eigenvalue weighted by Gasteiger charge is 2.13. The standard InChI is InChI=1S/C22H23NO4/c1-25-19-9-8-15(12-21(19)27-3)10-11-23-22(24)18-13-16-6-4-5-7-17(16)14-20(18)26-2/h4-9,12-14H,10-11H2,1-3H3,(H,23,24). The molecule has 0 saturated heterocycles. The van der Waals surface area contributed by atoms with Crippen LogP contribution >= 0.6 is 0 Å². The Morgan fingerprint density at radius 2 is 1.48 bits per heavy atom. The van der Waals surface area contributed by atoms with E-state index >= 15 is 0 Å². The van der Waals surface area contributed by atoms with Crippen molar-refractivity contribution >= 4 is 16.7 Å². The fraction of sp³-hybridized carbons (Fsp3) is 0.227. The second kappa shape index (κ2) is 8.45. The molecule has 0 bridgehead atoms. The SMILES string of the molecule is COc1ccc(CCNC(=O)c2cc3ccccc3cc2OC)cc1OC. The molecule has 0 aliphatic rings. The Kier molecular flexibility index (Phi) is 5.81. The van der Waals surface area contributed by atoms with Gasteiger partial charge < -0.3 is 19.5 Å². The first kappa shape index (κ1) is 18.6. The summed E-state index contributed by atoms with van der Waals surface area (Å²) in [6, 6.07) is 17.4. The first-order valence-corrected chi connectivity index (χ1v) is 8.72. The summed E-state index contributed by atoms with van der Waals surface area (Å²) in [6.45, 7) is 0.504. The van der Waals surface area contributed by atoms with Crippen LogP contribution in [-0.2, 0) is 6.42 Å². The van der Waals surface area contributed by atoms with Gasteiger partial charge in [-0.2, -0.15) is 0 Å². The monoisotopic (exact) mass is 365 g/mol. The van der Waals surface area contributed by atoms with Crippen LogP contribution in [-0.4, -0.2) is 33.8 Å². The molecule has 1 amide bonds.